The molecule has 0 radical (unpaired) electrons. The number of nitrogens with zero attached hydrogens (tertiary/aromatic N) is 2. The molecule has 1 N–H and O–H groups in total. The van der Waals surface area contributed by atoms with E-state index in [2.05, 4.69) is 10.3 Å². The van der Waals surface area contributed by atoms with Crippen molar-refractivity contribution in [3.8, 4) is 11.1 Å². The van der Waals surface area contributed by atoms with Gasteiger partial charge in [0.25, 0.3) is 5.91 Å². The molecule has 1 heterocycles. The van der Waals surface area contributed by atoms with E-state index in [0.29, 0.717) is 11.5 Å². The van der Waals surface area contributed by atoms with E-state index in [1.165, 1.54) is 12.1 Å². The van der Waals surface area contributed by atoms with Gasteiger partial charge < -0.3 is 9.88 Å². The summed E-state index contributed by atoms with van der Waals surface area (Å²) in [4.78, 5) is 17.5. The Kier molecular flexibility index (Phi) is 4.29. The average Bonchev–Trinajstić information content (AvgIpc) is 3.41. The highest BCUT2D eigenvalue weighted by molar-refractivity contribution is 6.01. The molecule has 0 aliphatic heterocycles. The Morgan fingerprint density at radius 1 is 1.19 bits per heavy atom. The molecule has 1 atom stereocenters. The third kappa shape index (κ3) is 3.25. The molecular formula is C21H20FN3O. The van der Waals surface area contributed by atoms with Crippen LogP contribution in [0.25, 0.3) is 11.1 Å². The van der Waals surface area contributed by atoms with Crippen LogP contribution >= 0.6 is 0 Å². The molecule has 0 spiro atoms. The van der Waals surface area contributed by atoms with Crippen LogP contribution in [0, 0.1) is 11.7 Å². The number of nitrogens with one attached hydrogen (secondary N) is 1. The van der Waals surface area contributed by atoms with Gasteiger partial charge in [-0.1, -0.05) is 30.3 Å². The lowest BCUT2D eigenvalue weighted by Crippen LogP contribution is -2.32. The summed E-state index contributed by atoms with van der Waals surface area (Å²) >= 11 is 0. The highest BCUT2D eigenvalue weighted by Crippen LogP contribution is 2.40. The summed E-state index contributed by atoms with van der Waals surface area (Å²) in [6.07, 6.45) is 5.83. The Balaban J connectivity index is 1.64. The van der Waals surface area contributed by atoms with Crippen LogP contribution in [0.1, 0.15) is 35.1 Å². The van der Waals surface area contributed by atoms with Crippen molar-refractivity contribution >= 4 is 5.91 Å². The standard InChI is InChI=1S/C21H20FN3O/c1-25-13-12-23-20(25)19(15-6-7-15)24-21(26)18-5-3-2-4-17(18)14-8-10-16(22)11-9-14/h2-5,8-13,15,19H,6-7H2,1H3,(H,24,26). The number of carbonyl (C=O) groups excluding carboxylic acids is 1. The molecule has 1 aromatic heterocycles. The fourth-order valence-corrected chi connectivity index (χ4v) is 3.28. The van der Waals surface area contributed by atoms with Crippen LogP contribution < -0.4 is 5.32 Å². The predicted molar refractivity (Wildman–Crippen MR) is 98.0 cm³/mol. The Morgan fingerprint density at radius 3 is 2.58 bits per heavy atom. The van der Waals surface area contributed by atoms with Gasteiger partial charge in [0, 0.05) is 25.0 Å². The van der Waals surface area contributed by atoms with Crippen LogP contribution in [0.15, 0.2) is 60.9 Å². The molecule has 5 heteroatoms. The van der Waals surface area contributed by atoms with E-state index in [0.717, 1.165) is 29.8 Å². The first kappa shape index (κ1) is 16.5. The maximum absolute atomic E-state index is 13.2. The first-order valence-electron chi connectivity index (χ1n) is 8.76. The van der Waals surface area contributed by atoms with Crippen molar-refractivity contribution < 1.29 is 9.18 Å². The van der Waals surface area contributed by atoms with Crippen LogP contribution in [-0.4, -0.2) is 15.5 Å². The van der Waals surface area contributed by atoms with Crippen LogP contribution in [0.4, 0.5) is 4.39 Å². The molecule has 3 aromatic rings. The number of halogens is 1. The molecule has 1 aliphatic rings. The summed E-state index contributed by atoms with van der Waals surface area (Å²) in [5.74, 6) is 0.877. The molecule has 2 aromatic carbocycles. The second-order valence-electron chi connectivity index (χ2n) is 6.74. The van der Waals surface area contributed by atoms with Crippen molar-refractivity contribution in [1.82, 2.24) is 14.9 Å². The lowest BCUT2D eigenvalue weighted by atomic mass is 9.98. The summed E-state index contributed by atoms with van der Waals surface area (Å²) in [5, 5.41) is 3.16. The second kappa shape index (κ2) is 6.75. The maximum atomic E-state index is 13.2. The molecule has 1 saturated carbocycles. The molecule has 26 heavy (non-hydrogen) atoms. The molecule has 132 valence electrons. The first-order valence-corrected chi connectivity index (χ1v) is 8.76. The van der Waals surface area contributed by atoms with E-state index in [1.807, 2.05) is 36.0 Å². The van der Waals surface area contributed by atoms with Crippen LogP contribution in [0.5, 0.6) is 0 Å². The van der Waals surface area contributed by atoms with Crippen molar-refractivity contribution in [3.05, 3.63) is 78.1 Å². The third-order valence-corrected chi connectivity index (χ3v) is 4.84. The Morgan fingerprint density at radius 2 is 1.92 bits per heavy atom. The van der Waals surface area contributed by atoms with E-state index in [1.54, 1.807) is 24.4 Å². The van der Waals surface area contributed by atoms with E-state index in [9.17, 15) is 9.18 Å². The van der Waals surface area contributed by atoms with Crippen LogP contribution in [0.3, 0.4) is 0 Å². The zero-order valence-corrected chi connectivity index (χ0v) is 14.5. The molecule has 1 fully saturated rings. The number of benzene rings is 2. The minimum absolute atomic E-state index is 0.0937. The molecule has 0 bridgehead atoms. The first-order chi connectivity index (χ1) is 12.6. The average molecular weight is 349 g/mol. The minimum atomic E-state index is -0.292. The van der Waals surface area contributed by atoms with Gasteiger partial charge in [-0.25, -0.2) is 9.37 Å². The lowest BCUT2D eigenvalue weighted by Gasteiger charge is -2.19. The van der Waals surface area contributed by atoms with E-state index in [-0.39, 0.29) is 17.8 Å². The zero-order chi connectivity index (χ0) is 18.1. The molecular weight excluding hydrogens is 329 g/mol. The number of carbonyl (C=O) groups is 1. The van der Waals surface area contributed by atoms with Crippen molar-refractivity contribution in [1.29, 1.82) is 0 Å². The smallest absolute Gasteiger partial charge is 0.252 e. The van der Waals surface area contributed by atoms with Gasteiger partial charge in [0.15, 0.2) is 0 Å². The van der Waals surface area contributed by atoms with Crippen molar-refractivity contribution in [3.63, 3.8) is 0 Å². The van der Waals surface area contributed by atoms with Gasteiger partial charge >= 0.3 is 0 Å². The molecule has 0 saturated heterocycles. The van der Waals surface area contributed by atoms with E-state index >= 15 is 0 Å². The molecule has 1 amide bonds. The fraction of sp³-hybridized carbons (Fsp3) is 0.238. The number of hydrogen-bond acceptors (Lipinski definition) is 2. The van der Waals surface area contributed by atoms with Crippen molar-refractivity contribution in [2.45, 2.75) is 18.9 Å². The summed E-state index contributed by atoms with van der Waals surface area (Å²) in [6.45, 7) is 0. The zero-order valence-electron chi connectivity index (χ0n) is 14.5. The summed E-state index contributed by atoms with van der Waals surface area (Å²) in [5.41, 5.74) is 2.19. The number of rotatable bonds is 5. The highest BCUT2D eigenvalue weighted by Gasteiger charge is 2.36. The quantitative estimate of drug-likeness (QED) is 0.754. The van der Waals surface area contributed by atoms with Gasteiger partial charge in [0.1, 0.15) is 11.6 Å². The second-order valence-corrected chi connectivity index (χ2v) is 6.74. The summed E-state index contributed by atoms with van der Waals surface area (Å²) in [6, 6.07) is 13.5. The molecule has 4 nitrogen and oxygen atoms in total. The Hall–Kier alpha value is -2.95. The minimum Gasteiger partial charge on any atom is -0.342 e. The lowest BCUT2D eigenvalue weighted by molar-refractivity contribution is 0.0929. The fourth-order valence-electron chi connectivity index (χ4n) is 3.28. The summed E-state index contributed by atoms with van der Waals surface area (Å²) < 4.78 is 15.2. The molecule has 1 unspecified atom stereocenters. The van der Waals surface area contributed by atoms with E-state index < -0.39 is 0 Å². The van der Waals surface area contributed by atoms with Gasteiger partial charge in [-0.15, -0.1) is 0 Å². The topological polar surface area (TPSA) is 46.9 Å². The number of aromatic nitrogens is 2. The summed E-state index contributed by atoms with van der Waals surface area (Å²) in [7, 11) is 1.94. The Bertz CT molecular complexity index is 928. The molecule has 4 rings (SSSR count). The third-order valence-electron chi connectivity index (χ3n) is 4.84. The molecule has 1 aliphatic carbocycles. The number of hydrogen-bond donors (Lipinski definition) is 1. The van der Waals surface area contributed by atoms with E-state index in [4.69, 9.17) is 0 Å². The van der Waals surface area contributed by atoms with Crippen molar-refractivity contribution in [2.75, 3.05) is 0 Å². The normalized spacial score (nSPS) is 14.8. The van der Waals surface area contributed by atoms with Crippen LogP contribution in [-0.2, 0) is 7.05 Å². The highest BCUT2D eigenvalue weighted by atomic mass is 19.1. The number of imidazole rings is 1. The number of amides is 1. The van der Waals surface area contributed by atoms with Crippen molar-refractivity contribution in [2.24, 2.45) is 13.0 Å². The number of aryl methyl sites for hydroxylation is 1. The van der Waals surface area contributed by atoms with Gasteiger partial charge in [-0.3, -0.25) is 4.79 Å². The largest absolute Gasteiger partial charge is 0.342 e. The van der Waals surface area contributed by atoms with Gasteiger partial charge in [-0.2, -0.15) is 0 Å². The van der Waals surface area contributed by atoms with Gasteiger partial charge in [-0.05, 0) is 48.1 Å². The van der Waals surface area contributed by atoms with Gasteiger partial charge in [0.05, 0.1) is 6.04 Å². The Labute approximate surface area is 151 Å². The van der Waals surface area contributed by atoms with Gasteiger partial charge in [0.2, 0.25) is 0 Å². The van der Waals surface area contributed by atoms with Crippen LogP contribution in [0.2, 0.25) is 0 Å². The predicted octanol–water partition coefficient (Wildman–Crippen LogP) is 4.11. The maximum Gasteiger partial charge on any atom is 0.252 e. The SMILES string of the molecule is Cn1ccnc1C(NC(=O)c1ccccc1-c1ccc(F)cc1)C1CC1. The monoisotopic (exact) mass is 349 g/mol.